The van der Waals surface area contributed by atoms with Gasteiger partial charge in [-0.05, 0) is 67.0 Å². The van der Waals surface area contributed by atoms with E-state index >= 15 is 0 Å². The van der Waals surface area contributed by atoms with Crippen molar-refractivity contribution in [3.8, 4) is 0 Å². The predicted octanol–water partition coefficient (Wildman–Crippen LogP) is 4.52. The van der Waals surface area contributed by atoms with E-state index in [0.29, 0.717) is 12.5 Å². The number of likely N-dealkylation sites (tertiary alicyclic amines) is 1. The fourth-order valence-corrected chi connectivity index (χ4v) is 5.45. The first-order valence-electron chi connectivity index (χ1n) is 11.5. The first kappa shape index (κ1) is 19.3. The number of anilines is 1. The molecule has 1 amide bonds. The molecule has 4 aromatic rings. The zero-order chi connectivity index (χ0) is 21.5. The molecule has 2 saturated heterocycles. The van der Waals surface area contributed by atoms with E-state index in [1.807, 2.05) is 36.7 Å². The largest absolute Gasteiger partial charge is 0.361 e. The summed E-state index contributed by atoms with van der Waals surface area (Å²) in [5.41, 5.74) is 3.95. The molecule has 6 heteroatoms. The molecule has 2 aromatic heterocycles. The molecule has 162 valence electrons. The van der Waals surface area contributed by atoms with Crippen LogP contribution in [0.2, 0.25) is 0 Å². The van der Waals surface area contributed by atoms with Crippen molar-refractivity contribution in [1.29, 1.82) is 0 Å². The van der Waals surface area contributed by atoms with Crippen molar-refractivity contribution < 1.29 is 4.79 Å². The molecule has 32 heavy (non-hydrogen) atoms. The zero-order valence-electron chi connectivity index (χ0n) is 18.1. The number of carbonyl (C=O) groups is 1. The number of nitrogens with zero attached hydrogens (tertiary/aromatic N) is 4. The number of hydrogen-bond donors (Lipinski definition) is 1. The van der Waals surface area contributed by atoms with E-state index in [1.165, 1.54) is 10.9 Å². The maximum Gasteiger partial charge on any atom is 0.229 e. The van der Waals surface area contributed by atoms with Crippen LogP contribution < -0.4 is 4.90 Å². The molecule has 2 aliphatic heterocycles. The van der Waals surface area contributed by atoms with E-state index in [-0.39, 0.29) is 5.41 Å². The monoisotopic (exact) mass is 425 g/mol. The van der Waals surface area contributed by atoms with Gasteiger partial charge in [-0.2, -0.15) is 0 Å². The average Bonchev–Trinajstić information content (AvgIpc) is 3.30. The number of fused-ring (bicyclic) bond motifs is 2. The molecule has 2 aromatic carbocycles. The van der Waals surface area contributed by atoms with E-state index in [2.05, 4.69) is 44.0 Å². The van der Waals surface area contributed by atoms with Crippen LogP contribution in [0.3, 0.4) is 0 Å². The van der Waals surface area contributed by atoms with E-state index in [0.717, 1.165) is 67.7 Å². The SMILES string of the molecule is O=C1N(Cc2ccc3[nH]ccc3c2)CCCC12CCN(c1cnc3ccccc3n1)CC2. The third-order valence-electron chi connectivity index (χ3n) is 7.30. The van der Waals surface area contributed by atoms with Gasteiger partial charge in [-0.1, -0.05) is 18.2 Å². The summed E-state index contributed by atoms with van der Waals surface area (Å²) in [7, 11) is 0. The van der Waals surface area contributed by atoms with Crippen molar-refractivity contribution in [2.24, 2.45) is 5.41 Å². The fraction of sp³-hybridized carbons (Fsp3) is 0.346. The van der Waals surface area contributed by atoms with Crippen LogP contribution >= 0.6 is 0 Å². The first-order chi connectivity index (χ1) is 15.7. The topological polar surface area (TPSA) is 65.1 Å². The van der Waals surface area contributed by atoms with E-state index in [9.17, 15) is 4.79 Å². The highest BCUT2D eigenvalue weighted by atomic mass is 16.2. The van der Waals surface area contributed by atoms with Crippen LogP contribution in [0.5, 0.6) is 0 Å². The highest BCUT2D eigenvalue weighted by Gasteiger charge is 2.45. The van der Waals surface area contributed by atoms with Crippen LogP contribution in [0.4, 0.5) is 5.82 Å². The van der Waals surface area contributed by atoms with Gasteiger partial charge in [0.1, 0.15) is 5.82 Å². The van der Waals surface area contributed by atoms with Gasteiger partial charge in [0.25, 0.3) is 0 Å². The molecule has 6 nitrogen and oxygen atoms in total. The second-order valence-corrected chi connectivity index (χ2v) is 9.21. The molecule has 2 fully saturated rings. The Hall–Kier alpha value is -3.41. The summed E-state index contributed by atoms with van der Waals surface area (Å²) in [6, 6.07) is 16.5. The molecule has 1 spiro atoms. The number of benzene rings is 2. The number of carbonyl (C=O) groups excluding carboxylic acids is 1. The summed E-state index contributed by atoms with van der Waals surface area (Å²) in [6.07, 6.45) is 7.67. The maximum absolute atomic E-state index is 13.6. The van der Waals surface area contributed by atoms with Gasteiger partial charge in [-0.25, -0.2) is 4.98 Å². The van der Waals surface area contributed by atoms with Gasteiger partial charge in [0.15, 0.2) is 0 Å². The lowest BCUT2D eigenvalue weighted by atomic mass is 9.71. The van der Waals surface area contributed by atoms with Crippen molar-refractivity contribution in [3.05, 3.63) is 66.5 Å². The maximum atomic E-state index is 13.6. The third kappa shape index (κ3) is 3.30. The van der Waals surface area contributed by atoms with Crippen molar-refractivity contribution in [1.82, 2.24) is 19.9 Å². The van der Waals surface area contributed by atoms with E-state index in [4.69, 9.17) is 4.98 Å². The Morgan fingerprint density at radius 2 is 1.81 bits per heavy atom. The first-order valence-corrected chi connectivity index (χ1v) is 11.5. The predicted molar refractivity (Wildman–Crippen MR) is 126 cm³/mol. The van der Waals surface area contributed by atoms with Gasteiger partial charge in [0.05, 0.1) is 22.6 Å². The van der Waals surface area contributed by atoms with Crippen molar-refractivity contribution >= 4 is 33.7 Å². The normalized spacial score (nSPS) is 18.7. The lowest BCUT2D eigenvalue weighted by Crippen LogP contribution is -2.53. The summed E-state index contributed by atoms with van der Waals surface area (Å²) in [4.78, 5) is 30.6. The highest BCUT2D eigenvalue weighted by Crippen LogP contribution is 2.42. The minimum absolute atomic E-state index is 0.225. The van der Waals surface area contributed by atoms with Crippen molar-refractivity contribution in [2.75, 3.05) is 24.5 Å². The Morgan fingerprint density at radius 1 is 0.969 bits per heavy atom. The van der Waals surface area contributed by atoms with Crippen LogP contribution in [-0.2, 0) is 11.3 Å². The van der Waals surface area contributed by atoms with Gasteiger partial charge < -0.3 is 14.8 Å². The molecule has 4 heterocycles. The number of H-pyrrole nitrogens is 1. The van der Waals surface area contributed by atoms with Gasteiger partial charge in [-0.15, -0.1) is 0 Å². The number of nitrogens with one attached hydrogen (secondary N) is 1. The molecular formula is C26H27N5O. The average molecular weight is 426 g/mol. The zero-order valence-corrected chi connectivity index (χ0v) is 18.1. The Balaban J connectivity index is 1.17. The standard InChI is InChI=1S/C26H27N5O/c32-25-26(9-3-13-31(25)18-19-6-7-21-20(16-19)8-12-27-21)10-14-30(15-11-26)24-17-28-22-4-1-2-5-23(22)29-24/h1-2,4-8,12,16-17,27H,3,9-11,13-15,18H2. The Bertz CT molecular complexity index is 1290. The van der Waals surface area contributed by atoms with Gasteiger partial charge >= 0.3 is 0 Å². The molecule has 0 radical (unpaired) electrons. The Kier molecular flexibility index (Phi) is 4.59. The summed E-state index contributed by atoms with van der Waals surface area (Å²) in [6.45, 7) is 3.25. The number of hydrogen-bond acceptors (Lipinski definition) is 4. The van der Waals surface area contributed by atoms with Crippen molar-refractivity contribution in [3.63, 3.8) is 0 Å². The number of para-hydroxylation sites is 2. The Morgan fingerprint density at radius 3 is 2.69 bits per heavy atom. The van der Waals surface area contributed by atoms with Crippen LogP contribution in [0, 0.1) is 5.41 Å². The molecule has 0 atom stereocenters. The minimum Gasteiger partial charge on any atom is -0.361 e. The van der Waals surface area contributed by atoms with Crippen molar-refractivity contribution in [2.45, 2.75) is 32.2 Å². The Labute approximate surface area is 187 Å². The highest BCUT2D eigenvalue weighted by molar-refractivity contribution is 5.84. The number of aromatic nitrogens is 3. The molecule has 1 N–H and O–H groups in total. The number of amides is 1. The summed E-state index contributed by atoms with van der Waals surface area (Å²) in [5.74, 6) is 1.25. The number of rotatable bonds is 3. The lowest BCUT2D eigenvalue weighted by molar-refractivity contribution is -0.148. The fourth-order valence-electron chi connectivity index (χ4n) is 5.45. The smallest absolute Gasteiger partial charge is 0.229 e. The summed E-state index contributed by atoms with van der Waals surface area (Å²) in [5, 5.41) is 1.20. The molecule has 0 saturated carbocycles. The molecule has 2 aliphatic rings. The van der Waals surface area contributed by atoms with Crippen LogP contribution in [0.25, 0.3) is 21.9 Å². The second-order valence-electron chi connectivity index (χ2n) is 9.21. The third-order valence-corrected chi connectivity index (χ3v) is 7.30. The molecule has 0 unspecified atom stereocenters. The quantitative estimate of drug-likeness (QED) is 0.524. The van der Waals surface area contributed by atoms with Crippen LogP contribution in [0.1, 0.15) is 31.2 Å². The van der Waals surface area contributed by atoms with Crippen LogP contribution in [-0.4, -0.2) is 45.4 Å². The van der Waals surface area contributed by atoms with Gasteiger partial charge in [-0.3, -0.25) is 9.78 Å². The summed E-state index contributed by atoms with van der Waals surface area (Å²) >= 11 is 0. The summed E-state index contributed by atoms with van der Waals surface area (Å²) < 4.78 is 0. The van der Waals surface area contributed by atoms with Gasteiger partial charge in [0.2, 0.25) is 5.91 Å². The van der Waals surface area contributed by atoms with Crippen LogP contribution in [0.15, 0.2) is 60.9 Å². The van der Waals surface area contributed by atoms with E-state index < -0.39 is 0 Å². The number of piperidine rings is 2. The minimum atomic E-state index is -0.225. The molecular weight excluding hydrogens is 398 g/mol. The van der Waals surface area contributed by atoms with E-state index in [1.54, 1.807) is 0 Å². The molecule has 6 rings (SSSR count). The lowest BCUT2D eigenvalue weighted by Gasteiger charge is -2.46. The second kappa shape index (κ2) is 7.62. The molecule has 0 bridgehead atoms. The number of aromatic amines is 1. The van der Waals surface area contributed by atoms with Gasteiger partial charge in [0, 0.05) is 37.9 Å². The molecule has 0 aliphatic carbocycles.